The second-order valence-electron chi connectivity index (χ2n) is 6.16. The summed E-state index contributed by atoms with van der Waals surface area (Å²) >= 11 is 0. The summed E-state index contributed by atoms with van der Waals surface area (Å²) in [4.78, 5) is 13.8. The van der Waals surface area contributed by atoms with E-state index in [0.717, 1.165) is 18.5 Å². The van der Waals surface area contributed by atoms with Crippen molar-refractivity contribution in [3.8, 4) is 0 Å². The predicted molar refractivity (Wildman–Crippen MR) is 84.0 cm³/mol. The van der Waals surface area contributed by atoms with E-state index < -0.39 is 0 Å². The van der Waals surface area contributed by atoms with E-state index in [1.54, 1.807) is 12.1 Å². The first-order valence-corrected chi connectivity index (χ1v) is 7.24. The summed E-state index contributed by atoms with van der Waals surface area (Å²) in [6.07, 6.45) is 0.918. The molecule has 0 bridgehead atoms. The van der Waals surface area contributed by atoms with E-state index in [1.165, 1.54) is 12.1 Å². The molecule has 118 valence electrons. The summed E-state index contributed by atoms with van der Waals surface area (Å²) in [7, 11) is 4.01. The molecule has 0 fully saturated rings. The number of hydrogen-bond acceptors (Lipinski definition) is 2. The summed E-state index contributed by atoms with van der Waals surface area (Å²) in [5, 5.41) is 5.70. The van der Waals surface area contributed by atoms with Gasteiger partial charge in [-0.15, -0.1) is 0 Å². The minimum atomic E-state index is -0.249. The summed E-state index contributed by atoms with van der Waals surface area (Å²) in [5.74, 6) is -0.249. The molecule has 0 atom stereocenters. The average Bonchev–Trinajstić information content (AvgIpc) is 2.42. The highest BCUT2D eigenvalue weighted by Crippen LogP contribution is 2.22. The van der Waals surface area contributed by atoms with Crippen LogP contribution in [0.25, 0.3) is 0 Å². The fraction of sp³-hybridized carbons (Fsp3) is 0.562. The molecule has 1 aromatic carbocycles. The highest BCUT2D eigenvalue weighted by atomic mass is 19.1. The van der Waals surface area contributed by atoms with Gasteiger partial charge < -0.3 is 15.5 Å². The Hall–Kier alpha value is -1.62. The summed E-state index contributed by atoms with van der Waals surface area (Å²) in [5.41, 5.74) is 0.756. The maximum atomic E-state index is 12.9. The molecule has 0 unspecified atom stereocenters. The fourth-order valence-electron chi connectivity index (χ4n) is 1.96. The van der Waals surface area contributed by atoms with Crippen molar-refractivity contribution in [3.05, 3.63) is 35.6 Å². The van der Waals surface area contributed by atoms with Crippen molar-refractivity contribution in [1.82, 2.24) is 15.5 Å². The minimum Gasteiger partial charge on any atom is -0.338 e. The number of hydrogen-bond donors (Lipinski definition) is 2. The first-order valence-electron chi connectivity index (χ1n) is 7.24. The summed E-state index contributed by atoms with van der Waals surface area (Å²) < 4.78 is 12.9. The molecule has 0 aromatic heterocycles. The second-order valence-corrected chi connectivity index (χ2v) is 6.16. The van der Waals surface area contributed by atoms with Crippen LogP contribution in [0.3, 0.4) is 0 Å². The van der Waals surface area contributed by atoms with Crippen molar-refractivity contribution in [2.75, 3.05) is 33.7 Å². The monoisotopic (exact) mass is 295 g/mol. The van der Waals surface area contributed by atoms with Crippen LogP contribution in [-0.4, -0.2) is 44.7 Å². The Balaban J connectivity index is 2.35. The number of rotatable bonds is 7. The zero-order valence-corrected chi connectivity index (χ0v) is 13.4. The second kappa shape index (κ2) is 7.98. The molecule has 0 saturated carbocycles. The molecular weight excluding hydrogens is 269 g/mol. The van der Waals surface area contributed by atoms with Crippen LogP contribution in [0, 0.1) is 5.82 Å². The molecule has 1 aromatic rings. The molecule has 0 aliphatic rings. The maximum absolute atomic E-state index is 12.9. The van der Waals surface area contributed by atoms with Crippen molar-refractivity contribution in [1.29, 1.82) is 0 Å². The van der Waals surface area contributed by atoms with E-state index in [1.807, 2.05) is 27.9 Å². The quantitative estimate of drug-likeness (QED) is 0.759. The molecule has 0 heterocycles. The van der Waals surface area contributed by atoms with Gasteiger partial charge in [-0.05, 0) is 44.8 Å². The molecule has 1 rings (SSSR count). The molecule has 21 heavy (non-hydrogen) atoms. The van der Waals surface area contributed by atoms with Crippen LogP contribution in [0.15, 0.2) is 24.3 Å². The van der Waals surface area contributed by atoms with Crippen LogP contribution in [-0.2, 0) is 5.41 Å². The number of halogens is 1. The number of benzene rings is 1. The molecule has 5 heteroatoms. The smallest absolute Gasteiger partial charge is 0.314 e. The average molecular weight is 295 g/mol. The van der Waals surface area contributed by atoms with Gasteiger partial charge in [0.25, 0.3) is 0 Å². The van der Waals surface area contributed by atoms with Crippen molar-refractivity contribution < 1.29 is 9.18 Å². The standard InChI is InChI=1S/C16H26FN3O/c1-16(2,13-6-8-14(17)9-7-13)12-19-15(21)18-10-5-11-20(3)4/h6-9H,5,10-12H2,1-4H3,(H2,18,19,21). The van der Waals surface area contributed by atoms with Gasteiger partial charge in [-0.25, -0.2) is 9.18 Å². The normalized spacial score (nSPS) is 11.5. The van der Waals surface area contributed by atoms with Crippen LogP contribution in [0.4, 0.5) is 9.18 Å². The Morgan fingerprint density at radius 2 is 1.81 bits per heavy atom. The highest BCUT2D eigenvalue weighted by Gasteiger charge is 2.21. The SMILES string of the molecule is CN(C)CCCNC(=O)NCC(C)(C)c1ccc(F)cc1. The third-order valence-electron chi connectivity index (χ3n) is 3.38. The molecule has 0 aliphatic carbocycles. The van der Waals surface area contributed by atoms with E-state index in [9.17, 15) is 9.18 Å². The van der Waals surface area contributed by atoms with Crippen LogP contribution in [0.5, 0.6) is 0 Å². The number of nitrogens with one attached hydrogen (secondary N) is 2. The molecule has 2 N–H and O–H groups in total. The Labute approximate surface area is 126 Å². The van der Waals surface area contributed by atoms with Crippen molar-refractivity contribution in [2.45, 2.75) is 25.7 Å². The molecule has 0 aliphatic heterocycles. The van der Waals surface area contributed by atoms with E-state index in [0.29, 0.717) is 13.1 Å². The molecule has 0 spiro atoms. The van der Waals surface area contributed by atoms with Gasteiger partial charge in [-0.1, -0.05) is 26.0 Å². The number of amides is 2. The van der Waals surface area contributed by atoms with Crippen LogP contribution < -0.4 is 10.6 Å². The first-order chi connectivity index (χ1) is 9.81. The number of carbonyl (C=O) groups excluding carboxylic acids is 1. The van der Waals surface area contributed by atoms with Gasteiger partial charge in [0, 0.05) is 18.5 Å². The van der Waals surface area contributed by atoms with Crippen LogP contribution >= 0.6 is 0 Å². The van der Waals surface area contributed by atoms with Gasteiger partial charge in [-0.3, -0.25) is 0 Å². The van der Waals surface area contributed by atoms with E-state index in [-0.39, 0.29) is 17.3 Å². The molecule has 0 radical (unpaired) electrons. The minimum absolute atomic E-state index is 0.163. The third kappa shape index (κ3) is 6.58. The number of urea groups is 1. The topological polar surface area (TPSA) is 44.4 Å². The molecule has 4 nitrogen and oxygen atoms in total. The Morgan fingerprint density at radius 1 is 1.19 bits per heavy atom. The van der Waals surface area contributed by atoms with Crippen molar-refractivity contribution in [2.24, 2.45) is 0 Å². The van der Waals surface area contributed by atoms with Gasteiger partial charge in [-0.2, -0.15) is 0 Å². The Morgan fingerprint density at radius 3 is 2.38 bits per heavy atom. The van der Waals surface area contributed by atoms with Crippen LogP contribution in [0.1, 0.15) is 25.8 Å². The van der Waals surface area contributed by atoms with E-state index in [4.69, 9.17) is 0 Å². The largest absolute Gasteiger partial charge is 0.338 e. The third-order valence-corrected chi connectivity index (χ3v) is 3.38. The number of nitrogens with zero attached hydrogens (tertiary/aromatic N) is 1. The van der Waals surface area contributed by atoms with E-state index >= 15 is 0 Å². The lowest BCUT2D eigenvalue weighted by Gasteiger charge is -2.25. The lowest BCUT2D eigenvalue weighted by Crippen LogP contribution is -2.42. The lowest BCUT2D eigenvalue weighted by molar-refractivity contribution is 0.237. The van der Waals surface area contributed by atoms with Gasteiger partial charge in [0.05, 0.1) is 0 Å². The molecule has 2 amide bonds. The van der Waals surface area contributed by atoms with Crippen molar-refractivity contribution >= 4 is 6.03 Å². The lowest BCUT2D eigenvalue weighted by atomic mass is 9.84. The maximum Gasteiger partial charge on any atom is 0.314 e. The van der Waals surface area contributed by atoms with Crippen molar-refractivity contribution in [3.63, 3.8) is 0 Å². The zero-order valence-electron chi connectivity index (χ0n) is 13.4. The fourth-order valence-corrected chi connectivity index (χ4v) is 1.96. The zero-order chi connectivity index (χ0) is 15.9. The van der Waals surface area contributed by atoms with Crippen LogP contribution in [0.2, 0.25) is 0 Å². The van der Waals surface area contributed by atoms with Gasteiger partial charge in [0.1, 0.15) is 5.82 Å². The molecular formula is C16H26FN3O. The Bertz CT molecular complexity index is 443. The molecule has 0 saturated heterocycles. The number of carbonyl (C=O) groups is 1. The predicted octanol–water partition coefficient (Wildman–Crippen LogP) is 2.35. The van der Waals surface area contributed by atoms with Gasteiger partial charge >= 0.3 is 6.03 Å². The Kier molecular flexibility index (Phi) is 6.62. The van der Waals surface area contributed by atoms with Gasteiger partial charge in [0.2, 0.25) is 0 Å². The summed E-state index contributed by atoms with van der Waals surface area (Å²) in [6, 6.07) is 6.23. The highest BCUT2D eigenvalue weighted by molar-refractivity contribution is 5.73. The first kappa shape index (κ1) is 17.4. The van der Waals surface area contributed by atoms with E-state index in [2.05, 4.69) is 15.5 Å². The summed E-state index contributed by atoms with van der Waals surface area (Å²) in [6.45, 7) is 6.14. The van der Waals surface area contributed by atoms with Gasteiger partial charge in [0.15, 0.2) is 0 Å².